The van der Waals surface area contributed by atoms with Crippen LogP contribution in [0.5, 0.6) is 5.75 Å². The van der Waals surface area contributed by atoms with Crippen LogP contribution in [0.1, 0.15) is 17.3 Å². The minimum absolute atomic E-state index is 0.0816. The Kier molecular flexibility index (Phi) is 5.40. The number of nitrogens with zero attached hydrogens (tertiary/aromatic N) is 3. The van der Waals surface area contributed by atoms with Crippen molar-refractivity contribution in [2.45, 2.75) is 6.92 Å². The van der Waals surface area contributed by atoms with E-state index in [1.165, 1.54) is 0 Å². The van der Waals surface area contributed by atoms with E-state index in [2.05, 4.69) is 15.5 Å². The van der Waals surface area contributed by atoms with Gasteiger partial charge in [-0.3, -0.25) is 9.89 Å². The van der Waals surface area contributed by atoms with Crippen LogP contribution in [0.25, 0.3) is 11.3 Å². The number of amides is 3. The van der Waals surface area contributed by atoms with Gasteiger partial charge in [-0.2, -0.15) is 5.10 Å². The topological polar surface area (TPSA) is 90.6 Å². The van der Waals surface area contributed by atoms with E-state index in [1.54, 1.807) is 23.1 Å². The number of hydrogen-bond donors (Lipinski definition) is 2. The molecule has 2 N–H and O–H groups in total. The van der Waals surface area contributed by atoms with Crippen LogP contribution in [0.4, 0.5) is 4.79 Å². The molecule has 1 aliphatic heterocycles. The number of urea groups is 1. The first-order valence-corrected chi connectivity index (χ1v) is 8.64. The van der Waals surface area contributed by atoms with Crippen molar-refractivity contribution in [3.63, 3.8) is 0 Å². The van der Waals surface area contributed by atoms with Crippen molar-refractivity contribution in [2.24, 2.45) is 0 Å². The van der Waals surface area contributed by atoms with Gasteiger partial charge in [-0.25, -0.2) is 4.79 Å². The molecule has 0 radical (unpaired) electrons. The zero-order valence-corrected chi connectivity index (χ0v) is 15.0. The molecule has 1 fully saturated rings. The first-order chi connectivity index (χ1) is 12.6. The number of piperazine rings is 1. The Labute approximate surface area is 152 Å². The van der Waals surface area contributed by atoms with E-state index in [0.29, 0.717) is 44.0 Å². The summed E-state index contributed by atoms with van der Waals surface area (Å²) in [4.78, 5) is 28.3. The molecule has 0 spiro atoms. The minimum Gasteiger partial charge on any atom is -0.497 e. The summed E-state index contributed by atoms with van der Waals surface area (Å²) in [5, 5.41) is 9.74. The predicted octanol–water partition coefficient (Wildman–Crippen LogP) is 1.57. The van der Waals surface area contributed by atoms with Gasteiger partial charge in [-0.05, 0) is 31.2 Å². The van der Waals surface area contributed by atoms with E-state index in [0.717, 1.165) is 11.3 Å². The highest BCUT2D eigenvalue weighted by molar-refractivity contribution is 5.99. The minimum atomic E-state index is -0.0832. The van der Waals surface area contributed by atoms with E-state index in [-0.39, 0.29) is 11.9 Å². The van der Waals surface area contributed by atoms with Gasteiger partial charge in [0.25, 0.3) is 5.91 Å². The normalized spacial score (nSPS) is 14.2. The molecule has 8 heteroatoms. The van der Waals surface area contributed by atoms with Gasteiger partial charge in [0.15, 0.2) is 0 Å². The number of H-pyrrole nitrogens is 1. The van der Waals surface area contributed by atoms with Crippen molar-refractivity contribution in [3.05, 3.63) is 36.0 Å². The second-order valence-corrected chi connectivity index (χ2v) is 6.00. The number of hydrogen-bond acceptors (Lipinski definition) is 4. The maximum Gasteiger partial charge on any atom is 0.317 e. The zero-order valence-electron chi connectivity index (χ0n) is 15.0. The Morgan fingerprint density at radius 2 is 1.81 bits per heavy atom. The van der Waals surface area contributed by atoms with Gasteiger partial charge in [0.1, 0.15) is 5.75 Å². The van der Waals surface area contributed by atoms with Gasteiger partial charge in [0, 0.05) is 38.3 Å². The highest BCUT2D eigenvalue weighted by atomic mass is 16.5. The second kappa shape index (κ2) is 7.90. The number of methoxy groups -OCH3 is 1. The molecule has 26 heavy (non-hydrogen) atoms. The number of aromatic nitrogens is 2. The maximum atomic E-state index is 12.9. The van der Waals surface area contributed by atoms with E-state index in [4.69, 9.17) is 4.74 Å². The smallest absolute Gasteiger partial charge is 0.317 e. The van der Waals surface area contributed by atoms with Gasteiger partial charge in [-0.15, -0.1) is 0 Å². The summed E-state index contributed by atoms with van der Waals surface area (Å²) in [6.45, 7) is 4.53. The van der Waals surface area contributed by atoms with Crippen molar-refractivity contribution in [1.29, 1.82) is 0 Å². The Morgan fingerprint density at radius 1 is 1.15 bits per heavy atom. The Bertz CT molecular complexity index is 763. The summed E-state index contributed by atoms with van der Waals surface area (Å²) in [5.74, 6) is 0.669. The van der Waals surface area contributed by atoms with Crippen LogP contribution in [-0.2, 0) is 0 Å². The third-order valence-electron chi connectivity index (χ3n) is 4.43. The Morgan fingerprint density at radius 3 is 2.42 bits per heavy atom. The molecular formula is C18H23N5O3. The Balaban J connectivity index is 1.70. The average molecular weight is 357 g/mol. The summed E-state index contributed by atoms with van der Waals surface area (Å²) in [6.07, 6.45) is 1.55. The van der Waals surface area contributed by atoms with Crippen LogP contribution in [0, 0.1) is 0 Å². The first-order valence-electron chi connectivity index (χ1n) is 8.64. The van der Waals surface area contributed by atoms with Crippen molar-refractivity contribution in [1.82, 2.24) is 25.3 Å². The number of nitrogens with one attached hydrogen (secondary N) is 2. The van der Waals surface area contributed by atoms with E-state index in [1.807, 2.05) is 31.2 Å². The standard InChI is InChI=1S/C18H23N5O3/c1-3-19-18(25)23-10-8-22(9-11-23)17(24)15-12-20-21-16(15)13-4-6-14(26-2)7-5-13/h4-7,12H,3,8-11H2,1-2H3,(H,19,25)(H,20,21). The molecule has 3 amide bonds. The number of ether oxygens (including phenoxy) is 1. The summed E-state index contributed by atoms with van der Waals surface area (Å²) < 4.78 is 5.17. The third-order valence-corrected chi connectivity index (χ3v) is 4.43. The highest BCUT2D eigenvalue weighted by Gasteiger charge is 2.27. The summed E-state index contributed by atoms with van der Waals surface area (Å²) in [7, 11) is 1.61. The second-order valence-electron chi connectivity index (χ2n) is 6.00. The van der Waals surface area contributed by atoms with Gasteiger partial charge in [-0.1, -0.05) is 0 Å². The number of carbonyl (C=O) groups excluding carboxylic acids is 2. The lowest BCUT2D eigenvalue weighted by Crippen LogP contribution is -2.53. The molecule has 0 atom stereocenters. The largest absolute Gasteiger partial charge is 0.497 e. The van der Waals surface area contributed by atoms with Crippen LogP contribution < -0.4 is 10.1 Å². The lowest BCUT2D eigenvalue weighted by atomic mass is 10.1. The molecule has 2 aromatic rings. The summed E-state index contributed by atoms with van der Waals surface area (Å²) >= 11 is 0. The SMILES string of the molecule is CCNC(=O)N1CCN(C(=O)c2cn[nH]c2-c2ccc(OC)cc2)CC1. The van der Waals surface area contributed by atoms with Crippen LogP contribution in [-0.4, -0.2) is 71.8 Å². The van der Waals surface area contributed by atoms with Crippen molar-refractivity contribution < 1.29 is 14.3 Å². The molecule has 1 saturated heterocycles. The first kappa shape index (κ1) is 17.8. The van der Waals surface area contributed by atoms with Crippen LogP contribution in [0.3, 0.4) is 0 Å². The van der Waals surface area contributed by atoms with Gasteiger partial charge >= 0.3 is 6.03 Å². The number of aromatic amines is 1. The molecule has 1 aromatic carbocycles. The molecule has 3 rings (SSSR count). The number of benzene rings is 1. The van der Waals surface area contributed by atoms with Gasteiger partial charge in [0.05, 0.1) is 24.6 Å². The molecule has 8 nitrogen and oxygen atoms in total. The van der Waals surface area contributed by atoms with Gasteiger partial charge < -0.3 is 19.9 Å². The average Bonchev–Trinajstić information content (AvgIpc) is 3.17. The summed E-state index contributed by atoms with van der Waals surface area (Å²) in [6, 6.07) is 7.37. The number of carbonyl (C=O) groups is 2. The number of rotatable bonds is 4. The van der Waals surface area contributed by atoms with E-state index < -0.39 is 0 Å². The summed E-state index contributed by atoms with van der Waals surface area (Å²) in [5.41, 5.74) is 2.08. The van der Waals surface area contributed by atoms with Crippen molar-refractivity contribution >= 4 is 11.9 Å². The fourth-order valence-corrected chi connectivity index (χ4v) is 2.97. The molecule has 1 aromatic heterocycles. The van der Waals surface area contributed by atoms with Crippen molar-refractivity contribution in [3.8, 4) is 17.0 Å². The van der Waals surface area contributed by atoms with Crippen molar-refractivity contribution in [2.75, 3.05) is 39.8 Å². The molecule has 0 unspecified atom stereocenters. The fourth-order valence-electron chi connectivity index (χ4n) is 2.97. The zero-order chi connectivity index (χ0) is 18.5. The third kappa shape index (κ3) is 3.63. The molecule has 138 valence electrons. The lowest BCUT2D eigenvalue weighted by molar-refractivity contribution is 0.0666. The molecule has 2 heterocycles. The molecule has 1 aliphatic rings. The Hall–Kier alpha value is -3.03. The van der Waals surface area contributed by atoms with Crippen LogP contribution in [0.2, 0.25) is 0 Å². The lowest BCUT2D eigenvalue weighted by Gasteiger charge is -2.34. The van der Waals surface area contributed by atoms with E-state index >= 15 is 0 Å². The van der Waals surface area contributed by atoms with Crippen LogP contribution >= 0.6 is 0 Å². The molecule has 0 saturated carbocycles. The molecular weight excluding hydrogens is 334 g/mol. The monoisotopic (exact) mass is 357 g/mol. The maximum absolute atomic E-state index is 12.9. The van der Waals surface area contributed by atoms with Gasteiger partial charge in [0.2, 0.25) is 0 Å². The highest BCUT2D eigenvalue weighted by Crippen LogP contribution is 2.25. The fraction of sp³-hybridized carbons (Fsp3) is 0.389. The molecule has 0 aliphatic carbocycles. The quantitative estimate of drug-likeness (QED) is 0.869. The molecule has 0 bridgehead atoms. The van der Waals surface area contributed by atoms with Crippen LogP contribution in [0.15, 0.2) is 30.5 Å². The predicted molar refractivity (Wildman–Crippen MR) is 97.1 cm³/mol. The van der Waals surface area contributed by atoms with E-state index in [9.17, 15) is 9.59 Å².